The summed E-state index contributed by atoms with van der Waals surface area (Å²) in [6.45, 7) is 13.1. The SMILES string of the molecule is CC(C)C.CCCc1cc(CC)ccc1C. The van der Waals surface area contributed by atoms with E-state index in [2.05, 4.69) is 59.7 Å². The Morgan fingerprint density at radius 3 is 2.06 bits per heavy atom. The topological polar surface area (TPSA) is 0 Å². The minimum absolute atomic E-state index is 0.833. The van der Waals surface area contributed by atoms with Crippen molar-refractivity contribution in [2.24, 2.45) is 5.92 Å². The third-order valence-electron chi connectivity index (χ3n) is 2.34. The van der Waals surface area contributed by atoms with Gasteiger partial charge in [-0.25, -0.2) is 0 Å². The molecule has 0 bridgehead atoms. The Bertz CT molecular complexity index is 281. The standard InChI is InChI=1S/C12H18.C4H10/c1-4-6-12-9-11(5-2)8-7-10(12)3;1-4(2)3/h7-9H,4-6H2,1-3H3;4H,1-3H3. The molecule has 0 aliphatic rings. The predicted molar refractivity (Wildman–Crippen MR) is 75.1 cm³/mol. The highest BCUT2D eigenvalue weighted by Crippen LogP contribution is 2.13. The average molecular weight is 220 g/mol. The summed E-state index contributed by atoms with van der Waals surface area (Å²) in [5.41, 5.74) is 4.43. The van der Waals surface area contributed by atoms with E-state index in [0.29, 0.717) is 0 Å². The lowest BCUT2D eigenvalue weighted by Crippen LogP contribution is -1.90. The Kier molecular flexibility index (Phi) is 7.97. The van der Waals surface area contributed by atoms with E-state index in [1.54, 1.807) is 0 Å². The zero-order chi connectivity index (χ0) is 12.6. The molecule has 0 aromatic heterocycles. The minimum Gasteiger partial charge on any atom is -0.0651 e. The molecule has 0 heteroatoms. The van der Waals surface area contributed by atoms with Crippen LogP contribution in [-0.2, 0) is 12.8 Å². The summed E-state index contributed by atoms with van der Waals surface area (Å²) < 4.78 is 0. The molecule has 0 aliphatic carbocycles. The maximum atomic E-state index is 2.35. The monoisotopic (exact) mass is 220 g/mol. The van der Waals surface area contributed by atoms with Crippen LogP contribution in [0.3, 0.4) is 0 Å². The summed E-state index contributed by atoms with van der Waals surface area (Å²) in [6, 6.07) is 6.82. The fourth-order valence-electron chi connectivity index (χ4n) is 1.48. The summed E-state index contributed by atoms with van der Waals surface area (Å²) in [6.07, 6.45) is 3.62. The molecule has 0 saturated heterocycles. The lowest BCUT2D eigenvalue weighted by molar-refractivity contribution is 0.737. The number of hydrogen-bond donors (Lipinski definition) is 0. The molecule has 0 N–H and O–H groups in total. The zero-order valence-electron chi connectivity index (χ0n) is 11.9. The fraction of sp³-hybridized carbons (Fsp3) is 0.625. The van der Waals surface area contributed by atoms with Crippen molar-refractivity contribution in [3.8, 4) is 0 Å². The van der Waals surface area contributed by atoms with Crippen LogP contribution in [0.4, 0.5) is 0 Å². The predicted octanol–water partition coefficient (Wildman–Crippen LogP) is 5.17. The number of benzene rings is 1. The van der Waals surface area contributed by atoms with E-state index in [1.165, 1.54) is 29.5 Å². The minimum atomic E-state index is 0.833. The van der Waals surface area contributed by atoms with Gasteiger partial charge in [0.2, 0.25) is 0 Å². The van der Waals surface area contributed by atoms with Crippen LogP contribution in [0.1, 0.15) is 57.7 Å². The molecule has 0 unspecified atom stereocenters. The summed E-state index contributed by atoms with van der Waals surface area (Å²) in [4.78, 5) is 0. The molecular weight excluding hydrogens is 192 g/mol. The van der Waals surface area contributed by atoms with Gasteiger partial charge in [0.05, 0.1) is 0 Å². The van der Waals surface area contributed by atoms with E-state index in [1.807, 2.05) is 0 Å². The van der Waals surface area contributed by atoms with E-state index in [0.717, 1.165) is 12.3 Å². The second kappa shape index (κ2) is 8.38. The smallest absolute Gasteiger partial charge is 0.0279 e. The van der Waals surface area contributed by atoms with Gasteiger partial charge in [-0.3, -0.25) is 0 Å². The molecular formula is C16H28. The second-order valence-corrected chi connectivity index (χ2v) is 5.10. The third-order valence-corrected chi connectivity index (χ3v) is 2.34. The van der Waals surface area contributed by atoms with Gasteiger partial charge in [0.1, 0.15) is 0 Å². The van der Waals surface area contributed by atoms with Crippen LogP contribution in [-0.4, -0.2) is 0 Å². The van der Waals surface area contributed by atoms with Crippen LogP contribution in [0.15, 0.2) is 18.2 Å². The average Bonchev–Trinajstić information content (AvgIpc) is 2.21. The molecule has 0 amide bonds. The number of aryl methyl sites for hydroxylation is 3. The van der Waals surface area contributed by atoms with Gasteiger partial charge in [-0.2, -0.15) is 0 Å². The van der Waals surface area contributed by atoms with Crippen LogP contribution in [0, 0.1) is 12.8 Å². The second-order valence-electron chi connectivity index (χ2n) is 5.10. The first-order valence-corrected chi connectivity index (χ1v) is 6.59. The first-order chi connectivity index (χ1) is 7.51. The zero-order valence-corrected chi connectivity index (χ0v) is 11.9. The van der Waals surface area contributed by atoms with Crippen molar-refractivity contribution in [3.63, 3.8) is 0 Å². The lowest BCUT2D eigenvalue weighted by atomic mass is 10.0. The molecule has 0 fully saturated rings. The van der Waals surface area contributed by atoms with Crippen molar-refractivity contribution in [2.45, 2.75) is 60.8 Å². The Morgan fingerprint density at radius 2 is 1.62 bits per heavy atom. The van der Waals surface area contributed by atoms with E-state index in [4.69, 9.17) is 0 Å². The fourth-order valence-corrected chi connectivity index (χ4v) is 1.48. The van der Waals surface area contributed by atoms with Gasteiger partial charge in [-0.05, 0) is 42.4 Å². The Morgan fingerprint density at radius 1 is 1.06 bits per heavy atom. The van der Waals surface area contributed by atoms with Crippen LogP contribution in [0.2, 0.25) is 0 Å². The molecule has 0 aliphatic heterocycles. The van der Waals surface area contributed by atoms with Crippen molar-refractivity contribution >= 4 is 0 Å². The third kappa shape index (κ3) is 6.66. The van der Waals surface area contributed by atoms with Gasteiger partial charge in [-0.1, -0.05) is 59.2 Å². The Balaban J connectivity index is 0.000000487. The first-order valence-electron chi connectivity index (χ1n) is 6.59. The molecule has 0 radical (unpaired) electrons. The van der Waals surface area contributed by atoms with Crippen LogP contribution in [0.25, 0.3) is 0 Å². The normalized spacial score (nSPS) is 9.94. The quantitative estimate of drug-likeness (QED) is 0.659. The lowest BCUT2D eigenvalue weighted by Gasteiger charge is -2.06. The molecule has 0 nitrogen and oxygen atoms in total. The molecule has 92 valence electrons. The van der Waals surface area contributed by atoms with Gasteiger partial charge in [-0.15, -0.1) is 0 Å². The van der Waals surface area contributed by atoms with Gasteiger partial charge >= 0.3 is 0 Å². The molecule has 0 saturated carbocycles. The van der Waals surface area contributed by atoms with Crippen molar-refractivity contribution in [2.75, 3.05) is 0 Å². The van der Waals surface area contributed by atoms with Crippen molar-refractivity contribution in [1.82, 2.24) is 0 Å². The molecule has 0 atom stereocenters. The van der Waals surface area contributed by atoms with Gasteiger partial charge in [0, 0.05) is 0 Å². The molecule has 1 aromatic rings. The summed E-state index contributed by atoms with van der Waals surface area (Å²) in [5.74, 6) is 0.833. The largest absolute Gasteiger partial charge is 0.0651 e. The molecule has 0 heterocycles. The van der Waals surface area contributed by atoms with Crippen LogP contribution < -0.4 is 0 Å². The Hall–Kier alpha value is -0.780. The maximum absolute atomic E-state index is 2.35. The molecule has 0 spiro atoms. The van der Waals surface area contributed by atoms with Crippen molar-refractivity contribution in [1.29, 1.82) is 0 Å². The van der Waals surface area contributed by atoms with Gasteiger partial charge in [0.15, 0.2) is 0 Å². The highest BCUT2D eigenvalue weighted by molar-refractivity contribution is 5.31. The first kappa shape index (κ1) is 15.2. The van der Waals surface area contributed by atoms with E-state index in [-0.39, 0.29) is 0 Å². The highest BCUT2D eigenvalue weighted by Gasteiger charge is 1.97. The van der Waals surface area contributed by atoms with Gasteiger partial charge in [0.25, 0.3) is 0 Å². The van der Waals surface area contributed by atoms with E-state index in [9.17, 15) is 0 Å². The summed E-state index contributed by atoms with van der Waals surface area (Å²) in [5, 5.41) is 0. The van der Waals surface area contributed by atoms with Gasteiger partial charge < -0.3 is 0 Å². The summed E-state index contributed by atoms with van der Waals surface area (Å²) in [7, 11) is 0. The Labute approximate surface area is 102 Å². The van der Waals surface area contributed by atoms with Crippen LogP contribution >= 0.6 is 0 Å². The van der Waals surface area contributed by atoms with Crippen molar-refractivity contribution < 1.29 is 0 Å². The highest BCUT2D eigenvalue weighted by atomic mass is 14.0. The van der Waals surface area contributed by atoms with Crippen LogP contribution in [0.5, 0.6) is 0 Å². The maximum Gasteiger partial charge on any atom is -0.0279 e. The number of hydrogen-bond acceptors (Lipinski definition) is 0. The molecule has 1 rings (SSSR count). The van der Waals surface area contributed by atoms with E-state index >= 15 is 0 Å². The van der Waals surface area contributed by atoms with Crippen molar-refractivity contribution in [3.05, 3.63) is 34.9 Å². The molecule has 16 heavy (non-hydrogen) atoms. The molecule has 1 aromatic carbocycles. The number of rotatable bonds is 3. The van der Waals surface area contributed by atoms with E-state index < -0.39 is 0 Å². The summed E-state index contributed by atoms with van der Waals surface area (Å²) >= 11 is 0.